The molecule has 0 saturated heterocycles. The number of anilines is 1. The lowest BCUT2D eigenvalue weighted by Gasteiger charge is -2.15. The highest BCUT2D eigenvalue weighted by Gasteiger charge is 2.37. The maximum absolute atomic E-state index is 14.1. The van der Waals surface area contributed by atoms with Gasteiger partial charge in [-0.1, -0.05) is 11.6 Å². The highest BCUT2D eigenvalue weighted by Crippen LogP contribution is 2.38. The van der Waals surface area contributed by atoms with Gasteiger partial charge in [0.1, 0.15) is 11.8 Å². The molecule has 1 amide bonds. The van der Waals surface area contributed by atoms with E-state index in [9.17, 15) is 26.7 Å². The first kappa shape index (κ1) is 23.0. The lowest BCUT2D eigenvalue weighted by molar-refractivity contribution is -0.114. The van der Waals surface area contributed by atoms with Crippen molar-refractivity contribution in [3.8, 4) is 17.6 Å². The van der Waals surface area contributed by atoms with Crippen LogP contribution in [-0.2, 0) is 4.79 Å². The van der Waals surface area contributed by atoms with Crippen molar-refractivity contribution in [2.24, 2.45) is 5.10 Å². The Kier molecular flexibility index (Phi) is 6.36. The van der Waals surface area contributed by atoms with Crippen LogP contribution in [0.5, 0.6) is 11.5 Å². The molecule has 0 saturated carbocycles. The fourth-order valence-electron chi connectivity index (χ4n) is 2.85. The van der Waals surface area contributed by atoms with Crippen molar-refractivity contribution in [2.75, 3.05) is 18.7 Å². The topological polar surface area (TPSA) is 74.9 Å². The molecule has 2 aromatic rings. The minimum absolute atomic E-state index is 0.0307. The van der Waals surface area contributed by atoms with Crippen molar-refractivity contribution in [3.05, 3.63) is 57.4 Å². The van der Waals surface area contributed by atoms with E-state index in [1.54, 1.807) is 6.07 Å². The molecule has 3 rings (SSSR count). The van der Waals surface area contributed by atoms with Gasteiger partial charge in [-0.15, -0.1) is 0 Å². The molecule has 0 radical (unpaired) electrons. The summed E-state index contributed by atoms with van der Waals surface area (Å²) in [6.45, 7) is 0.997. The third kappa shape index (κ3) is 3.85. The molecule has 0 aliphatic carbocycles. The van der Waals surface area contributed by atoms with Gasteiger partial charge in [-0.3, -0.25) is 4.79 Å². The average molecular weight is 472 g/mol. The number of rotatable bonds is 5. The molecular weight excluding hydrogens is 461 g/mol. The number of amides is 1. The number of halogens is 6. The molecule has 1 aliphatic heterocycles. The largest absolute Gasteiger partial charge is 0.493 e. The molecule has 0 spiro atoms. The number of ether oxygens (including phenoxy) is 2. The Morgan fingerprint density at radius 1 is 1.12 bits per heavy atom. The van der Waals surface area contributed by atoms with Crippen molar-refractivity contribution in [3.63, 3.8) is 0 Å². The SMILES string of the molecule is COc1cc(/C=C2/C(=O)N(c3c(F)c(F)c(F)c(F)c3F)N=C2C)cc(Cl)c1OCC#N. The van der Waals surface area contributed by atoms with Crippen LogP contribution in [0.2, 0.25) is 5.02 Å². The summed E-state index contributed by atoms with van der Waals surface area (Å²) in [7, 11) is 1.31. The number of benzene rings is 2. The molecule has 1 heterocycles. The smallest absolute Gasteiger partial charge is 0.280 e. The molecule has 6 nitrogen and oxygen atoms in total. The van der Waals surface area contributed by atoms with E-state index in [0.29, 0.717) is 0 Å². The first-order chi connectivity index (χ1) is 15.1. The summed E-state index contributed by atoms with van der Waals surface area (Å²) in [5.74, 6) is -12.1. The average Bonchev–Trinajstić information content (AvgIpc) is 3.03. The number of carbonyl (C=O) groups excluding carboxylic acids is 1. The molecule has 12 heteroatoms. The molecule has 1 aliphatic rings. The number of nitriles is 1. The molecule has 2 aromatic carbocycles. The predicted octanol–water partition coefficient (Wildman–Crippen LogP) is 4.75. The fourth-order valence-corrected chi connectivity index (χ4v) is 3.12. The van der Waals surface area contributed by atoms with E-state index in [4.69, 9.17) is 26.3 Å². The number of hydrogen-bond donors (Lipinski definition) is 0. The Hall–Kier alpha value is -3.65. The minimum Gasteiger partial charge on any atom is -0.493 e. The molecule has 32 heavy (non-hydrogen) atoms. The molecule has 0 bridgehead atoms. The zero-order chi connectivity index (χ0) is 23.7. The van der Waals surface area contributed by atoms with Crippen molar-refractivity contribution < 1.29 is 36.2 Å². The van der Waals surface area contributed by atoms with E-state index < -0.39 is 40.7 Å². The van der Waals surface area contributed by atoms with Gasteiger partial charge in [0.2, 0.25) is 5.82 Å². The lowest BCUT2D eigenvalue weighted by atomic mass is 10.1. The van der Waals surface area contributed by atoms with Crippen LogP contribution in [-0.4, -0.2) is 25.3 Å². The standard InChI is InChI=1S/C20H11ClF5N3O3/c1-8-10(5-9-6-11(21)19(32-4-3-27)12(7-9)31-2)20(30)29(28-8)18-16(25)14(23)13(22)15(24)17(18)26/h5-7H,4H2,1-2H3/b10-5+. The summed E-state index contributed by atoms with van der Waals surface area (Å²) < 4.78 is 79.0. The van der Waals surface area contributed by atoms with Crippen molar-refractivity contribution in [1.82, 2.24) is 0 Å². The second-order valence-corrected chi connectivity index (χ2v) is 6.67. The summed E-state index contributed by atoms with van der Waals surface area (Å²) in [6, 6.07) is 4.52. The van der Waals surface area contributed by atoms with Gasteiger partial charge >= 0.3 is 0 Å². The number of carbonyl (C=O) groups is 1. The number of nitrogens with zero attached hydrogens (tertiary/aromatic N) is 3. The van der Waals surface area contributed by atoms with Crippen LogP contribution in [0.15, 0.2) is 22.8 Å². The third-order valence-electron chi connectivity index (χ3n) is 4.30. The maximum Gasteiger partial charge on any atom is 0.280 e. The van der Waals surface area contributed by atoms with E-state index in [2.05, 4.69) is 5.10 Å². The van der Waals surface area contributed by atoms with E-state index in [1.807, 2.05) is 0 Å². The molecule has 166 valence electrons. The third-order valence-corrected chi connectivity index (χ3v) is 4.59. The van der Waals surface area contributed by atoms with Crippen LogP contribution in [0.25, 0.3) is 6.08 Å². The van der Waals surface area contributed by atoms with Crippen LogP contribution >= 0.6 is 11.6 Å². The van der Waals surface area contributed by atoms with E-state index in [0.717, 1.165) is 0 Å². The minimum atomic E-state index is -2.35. The van der Waals surface area contributed by atoms with Gasteiger partial charge < -0.3 is 9.47 Å². The summed E-state index contributed by atoms with van der Waals surface area (Å²) in [4.78, 5) is 12.7. The summed E-state index contributed by atoms with van der Waals surface area (Å²) >= 11 is 6.14. The highest BCUT2D eigenvalue weighted by molar-refractivity contribution is 6.33. The van der Waals surface area contributed by atoms with Gasteiger partial charge in [0, 0.05) is 0 Å². The number of hydrogen-bond acceptors (Lipinski definition) is 5. The summed E-state index contributed by atoms with van der Waals surface area (Å²) in [6.07, 6.45) is 1.23. The Bertz CT molecular complexity index is 1210. The second-order valence-electron chi connectivity index (χ2n) is 6.26. The highest BCUT2D eigenvalue weighted by atomic mass is 35.5. The van der Waals surface area contributed by atoms with E-state index >= 15 is 0 Å². The van der Waals surface area contributed by atoms with Crippen molar-refractivity contribution >= 4 is 35.0 Å². The maximum atomic E-state index is 14.1. The quantitative estimate of drug-likeness (QED) is 0.273. The van der Waals surface area contributed by atoms with Crippen LogP contribution < -0.4 is 14.5 Å². The first-order valence-corrected chi connectivity index (χ1v) is 9.00. The zero-order valence-electron chi connectivity index (χ0n) is 16.3. The Balaban J connectivity index is 2.05. The normalized spacial score (nSPS) is 14.6. The first-order valence-electron chi connectivity index (χ1n) is 8.62. The van der Waals surface area contributed by atoms with Crippen LogP contribution in [0.1, 0.15) is 12.5 Å². The summed E-state index contributed by atoms with van der Waals surface area (Å²) in [5, 5.41) is 12.4. The molecule has 0 atom stereocenters. The molecule has 0 unspecified atom stereocenters. The van der Waals surface area contributed by atoms with Crippen LogP contribution in [0, 0.1) is 40.4 Å². The van der Waals surface area contributed by atoms with Crippen molar-refractivity contribution in [2.45, 2.75) is 6.92 Å². The Morgan fingerprint density at radius 2 is 1.72 bits per heavy atom. The lowest BCUT2D eigenvalue weighted by Crippen LogP contribution is -2.25. The van der Waals surface area contributed by atoms with Gasteiger partial charge in [0.05, 0.1) is 23.4 Å². The Morgan fingerprint density at radius 3 is 2.28 bits per heavy atom. The van der Waals surface area contributed by atoms with Gasteiger partial charge in [0.15, 0.2) is 41.4 Å². The monoisotopic (exact) mass is 471 g/mol. The second kappa shape index (κ2) is 8.84. The number of hydrazone groups is 1. The Labute approximate surface area is 182 Å². The number of methoxy groups -OCH3 is 1. The molecule has 0 N–H and O–H groups in total. The molecule has 0 aromatic heterocycles. The summed E-state index contributed by atoms with van der Waals surface area (Å²) in [5.41, 5.74) is -1.48. The van der Waals surface area contributed by atoms with E-state index in [-0.39, 0.29) is 45.0 Å². The fraction of sp³-hybridized carbons (Fsp3) is 0.150. The van der Waals surface area contributed by atoms with Gasteiger partial charge in [-0.2, -0.15) is 15.4 Å². The van der Waals surface area contributed by atoms with Crippen molar-refractivity contribution in [1.29, 1.82) is 5.26 Å². The van der Waals surface area contributed by atoms with Crippen LogP contribution in [0.4, 0.5) is 27.6 Å². The van der Waals surface area contributed by atoms with Gasteiger partial charge in [0.25, 0.3) is 5.91 Å². The molecular formula is C20H11ClF5N3O3. The zero-order valence-corrected chi connectivity index (χ0v) is 17.0. The van der Waals surface area contributed by atoms with E-state index in [1.165, 1.54) is 32.2 Å². The van der Waals surface area contributed by atoms with Gasteiger partial charge in [-0.05, 0) is 30.7 Å². The van der Waals surface area contributed by atoms with Gasteiger partial charge in [-0.25, -0.2) is 22.0 Å². The van der Waals surface area contributed by atoms with Crippen LogP contribution in [0.3, 0.4) is 0 Å². The molecule has 0 fully saturated rings. The predicted molar refractivity (Wildman–Crippen MR) is 104 cm³/mol.